The Kier molecular flexibility index (Phi) is 6.38. The topological polar surface area (TPSA) is 88.2 Å². The smallest absolute Gasteiger partial charge is 0.313 e. The van der Waals surface area contributed by atoms with E-state index in [1.807, 2.05) is 6.26 Å². The van der Waals surface area contributed by atoms with E-state index < -0.39 is 5.97 Å². The van der Waals surface area contributed by atoms with E-state index in [1.54, 1.807) is 16.3 Å². The molecule has 1 rings (SSSR count). The molecule has 8 heteroatoms. The van der Waals surface area contributed by atoms with E-state index in [4.69, 9.17) is 10.2 Å². The number of hydrogen-bond donors (Lipinski definition) is 2. The van der Waals surface area contributed by atoms with Crippen LogP contribution in [0.5, 0.6) is 0 Å². The summed E-state index contributed by atoms with van der Waals surface area (Å²) in [6, 6.07) is 0. The third-order valence-corrected chi connectivity index (χ3v) is 3.64. The van der Waals surface area contributed by atoms with Crippen molar-refractivity contribution in [3.63, 3.8) is 0 Å². The van der Waals surface area contributed by atoms with Gasteiger partial charge >= 0.3 is 5.97 Å². The minimum Gasteiger partial charge on any atom is -0.481 e. The fourth-order valence-electron chi connectivity index (χ4n) is 1.26. The predicted octanol–water partition coefficient (Wildman–Crippen LogP) is 0.700. The molecular weight excluding hydrogens is 262 g/mol. The molecule has 0 amide bonds. The Morgan fingerprint density at radius 3 is 2.82 bits per heavy atom. The van der Waals surface area contributed by atoms with Crippen LogP contribution >= 0.6 is 23.5 Å². The number of hydrogen-bond acceptors (Lipinski definition) is 6. The summed E-state index contributed by atoms with van der Waals surface area (Å²) in [4.78, 5) is 10.5. The lowest BCUT2D eigenvalue weighted by Gasteiger charge is -2.07. The average molecular weight is 277 g/mol. The molecule has 0 radical (unpaired) electrons. The van der Waals surface area contributed by atoms with Gasteiger partial charge in [0.1, 0.15) is 6.61 Å². The van der Waals surface area contributed by atoms with E-state index in [1.165, 1.54) is 0 Å². The number of carboxylic acid groups (broad SMARTS) is 1. The van der Waals surface area contributed by atoms with Crippen molar-refractivity contribution in [2.24, 2.45) is 0 Å². The minimum absolute atomic E-state index is 0.0495. The van der Waals surface area contributed by atoms with Crippen molar-refractivity contribution in [2.45, 2.75) is 24.7 Å². The van der Waals surface area contributed by atoms with Gasteiger partial charge in [0.15, 0.2) is 11.0 Å². The maximum absolute atomic E-state index is 10.5. The van der Waals surface area contributed by atoms with Crippen molar-refractivity contribution in [3.05, 3.63) is 5.82 Å². The number of nitrogens with zero attached hydrogens (tertiary/aromatic N) is 3. The van der Waals surface area contributed by atoms with E-state index in [9.17, 15) is 4.79 Å². The molecule has 96 valence electrons. The van der Waals surface area contributed by atoms with Crippen molar-refractivity contribution in [3.8, 4) is 0 Å². The standard InChI is InChI=1S/C9H15N3O3S2/c1-16-4-2-3-12-7(5-13)10-11-9(12)17-6-8(14)15/h13H,2-6H2,1H3,(H,14,15). The van der Waals surface area contributed by atoms with Gasteiger partial charge in [0.05, 0.1) is 5.75 Å². The highest BCUT2D eigenvalue weighted by atomic mass is 32.2. The number of rotatable bonds is 8. The number of aromatic nitrogens is 3. The van der Waals surface area contributed by atoms with Crippen molar-refractivity contribution in [1.29, 1.82) is 0 Å². The summed E-state index contributed by atoms with van der Waals surface area (Å²) in [5.74, 6) is 0.552. The second-order valence-corrected chi connectivity index (χ2v) is 5.17. The Hall–Kier alpha value is -0.730. The van der Waals surface area contributed by atoms with Gasteiger partial charge in [-0.3, -0.25) is 4.79 Å². The van der Waals surface area contributed by atoms with Crippen LogP contribution in [0.15, 0.2) is 5.16 Å². The molecular formula is C9H15N3O3S2. The van der Waals surface area contributed by atoms with E-state index in [0.29, 0.717) is 17.5 Å². The molecule has 0 atom stereocenters. The number of carboxylic acids is 1. The molecule has 0 aliphatic rings. The SMILES string of the molecule is CSCCCn1c(CO)nnc1SCC(=O)O. The molecule has 1 aromatic heterocycles. The van der Waals surface area contributed by atoms with Gasteiger partial charge in [-0.05, 0) is 18.4 Å². The van der Waals surface area contributed by atoms with Gasteiger partial charge in [-0.25, -0.2) is 0 Å². The zero-order valence-electron chi connectivity index (χ0n) is 9.50. The summed E-state index contributed by atoms with van der Waals surface area (Å²) >= 11 is 2.86. The molecule has 0 aromatic carbocycles. The lowest BCUT2D eigenvalue weighted by molar-refractivity contribution is -0.133. The predicted molar refractivity (Wildman–Crippen MR) is 67.3 cm³/mol. The summed E-state index contributed by atoms with van der Waals surface area (Å²) in [5, 5.41) is 26.0. The van der Waals surface area contributed by atoms with Crippen LogP contribution in [0.1, 0.15) is 12.2 Å². The molecule has 2 N–H and O–H groups in total. The van der Waals surface area contributed by atoms with Crippen LogP contribution in [0.3, 0.4) is 0 Å². The van der Waals surface area contributed by atoms with Crippen LogP contribution < -0.4 is 0 Å². The van der Waals surface area contributed by atoms with Crippen LogP contribution in [0.25, 0.3) is 0 Å². The number of carbonyl (C=O) groups is 1. The highest BCUT2D eigenvalue weighted by Gasteiger charge is 2.12. The molecule has 0 fully saturated rings. The van der Waals surface area contributed by atoms with Crippen molar-refractivity contribution >= 4 is 29.5 Å². The number of thioether (sulfide) groups is 2. The summed E-state index contributed by atoms with van der Waals surface area (Å²) < 4.78 is 1.78. The summed E-state index contributed by atoms with van der Waals surface area (Å²) in [7, 11) is 0. The third kappa shape index (κ3) is 4.57. The van der Waals surface area contributed by atoms with E-state index in [-0.39, 0.29) is 12.4 Å². The molecule has 0 unspecified atom stereocenters. The lowest BCUT2D eigenvalue weighted by atomic mass is 10.4. The highest BCUT2D eigenvalue weighted by molar-refractivity contribution is 7.99. The first-order valence-electron chi connectivity index (χ1n) is 5.05. The van der Waals surface area contributed by atoms with Crippen LogP contribution in [-0.2, 0) is 17.9 Å². The molecule has 1 heterocycles. The van der Waals surface area contributed by atoms with Crippen molar-refractivity contribution in [2.75, 3.05) is 17.8 Å². The average Bonchev–Trinajstić information content (AvgIpc) is 2.69. The van der Waals surface area contributed by atoms with Gasteiger partial charge in [0, 0.05) is 6.54 Å². The van der Waals surface area contributed by atoms with Crippen molar-refractivity contribution in [1.82, 2.24) is 14.8 Å². The third-order valence-electron chi connectivity index (χ3n) is 1.99. The Labute approximate surface area is 108 Å². The quantitative estimate of drug-likeness (QED) is 0.534. The van der Waals surface area contributed by atoms with Crippen LogP contribution in [0.2, 0.25) is 0 Å². The molecule has 6 nitrogen and oxygen atoms in total. The number of aliphatic hydroxyl groups excluding tert-OH is 1. The molecule has 0 aliphatic carbocycles. The highest BCUT2D eigenvalue weighted by Crippen LogP contribution is 2.17. The molecule has 1 aromatic rings. The van der Waals surface area contributed by atoms with E-state index >= 15 is 0 Å². The van der Waals surface area contributed by atoms with Crippen LogP contribution in [0, 0.1) is 0 Å². The molecule has 0 bridgehead atoms. The minimum atomic E-state index is -0.890. The normalized spacial score (nSPS) is 10.7. The monoisotopic (exact) mass is 277 g/mol. The number of aliphatic hydroxyl groups is 1. The van der Waals surface area contributed by atoms with Gasteiger partial charge in [0.2, 0.25) is 0 Å². The second kappa shape index (κ2) is 7.57. The zero-order chi connectivity index (χ0) is 12.7. The summed E-state index contributed by atoms with van der Waals surface area (Å²) in [6.07, 6.45) is 2.96. The summed E-state index contributed by atoms with van der Waals surface area (Å²) in [6.45, 7) is 0.519. The van der Waals surface area contributed by atoms with Gasteiger partial charge < -0.3 is 14.8 Å². The first-order chi connectivity index (χ1) is 8.19. The Bertz CT molecular complexity index is 370. The fraction of sp³-hybridized carbons (Fsp3) is 0.667. The first-order valence-corrected chi connectivity index (χ1v) is 7.43. The second-order valence-electron chi connectivity index (χ2n) is 3.24. The largest absolute Gasteiger partial charge is 0.481 e. The van der Waals surface area contributed by atoms with Gasteiger partial charge in [-0.15, -0.1) is 10.2 Å². The Balaban J connectivity index is 2.67. The molecule has 17 heavy (non-hydrogen) atoms. The zero-order valence-corrected chi connectivity index (χ0v) is 11.1. The number of aliphatic carboxylic acids is 1. The van der Waals surface area contributed by atoms with Gasteiger partial charge in [-0.1, -0.05) is 11.8 Å². The Morgan fingerprint density at radius 1 is 1.47 bits per heavy atom. The first kappa shape index (κ1) is 14.3. The maximum Gasteiger partial charge on any atom is 0.313 e. The van der Waals surface area contributed by atoms with Crippen molar-refractivity contribution < 1.29 is 15.0 Å². The molecule has 0 saturated carbocycles. The lowest BCUT2D eigenvalue weighted by Crippen LogP contribution is -2.07. The van der Waals surface area contributed by atoms with Gasteiger partial charge in [-0.2, -0.15) is 11.8 Å². The van der Waals surface area contributed by atoms with Crippen LogP contribution in [0.4, 0.5) is 0 Å². The molecule has 0 saturated heterocycles. The summed E-state index contributed by atoms with van der Waals surface area (Å²) in [5.41, 5.74) is 0. The fourth-order valence-corrected chi connectivity index (χ4v) is 2.38. The maximum atomic E-state index is 10.5. The van der Waals surface area contributed by atoms with Gasteiger partial charge in [0.25, 0.3) is 0 Å². The van der Waals surface area contributed by atoms with E-state index in [0.717, 1.165) is 23.9 Å². The molecule has 0 aliphatic heterocycles. The van der Waals surface area contributed by atoms with E-state index in [2.05, 4.69) is 10.2 Å². The molecule has 0 spiro atoms. The van der Waals surface area contributed by atoms with Crippen LogP contribution in [-0.4, -0.2) is 48.7 Å². The Morgan fingerprint density at radius 2 is 2.24 bits per heavy atom.